The summed E-state index contributed by atoms with van der Waals surface area (Å²) in [5.74, 6) is 0.477. The van der Waals surface area contributed by atoms with Gasteiger partial charge in [-0.1, -0.05) is 53.2 Å². The Bertz CT molecular complexity index is 1180. The summed E-state index contributed by atoms with van der Waals surface area (Å²) in [4.78, 5) is 40.4. The Hall–Kier alpha value is -2.26. The van der Waals surface area contributed by atoms with E-state index in [9.17, 15) is 19.6 Å². The molecule has 0 radical (unpaired) electrons. The zero-order valence-corrected chi connectivity index (χ0v) is 23.6. The third-order valence-corrected chi connectivity index (χ3v) is 12.1. The van der Waals surface area contributed by atoms with Gasteiger partial charge in [0.05, 0.1) is 5.57 Å². The third-order valence-electron chi connectivity index (χ3n) is 12.1. The molecule has 0 saturated heterocycles. The van der Waals surface area contributed by atoms with Gasteiger partial charge in [-0.2, -0.15) is 5.26 Å². The van der Waals surface area contributed by atoms with E-state index in [4.69, 9.17) is 0 Å². The molecule has 5 aliphatic carbocycles. The van der Waals surface area contributed by atoms with Crippen LogP contribution in [0.3, 0.4) is 0 Å². The number of nitriles is 1. The van der Waals surface area contributed by atoms with E-state index in [2.05, 4.69) is 44.6 Å². The summed E-state index contributed by atoms with van der Waals surface area (Å²) in [5, 5.41) is 9.83. The summed E-state index contributed by atoms with van der Waals surface area (Å²) in [5.41, 5.74) is 5.23. The maximum Gasteiger partial charge on any atom is 0.240 e. The molecule has 6 heteroatoms. The first kappa shape index (κ1) is 26.4. The molecule has 8 atom stereocenters. The number of Topliss-reactive ketones (excluding diaryl/α,β-unsaturated/α-hetero) is 1. The molecular formula is C31H43N3O3. The van der Waals surface area contributed by atoms with Gasteiger partial charge < -0.3 is 0 Å². The van der Waals surface area contributed by atoms with Crippen molar-refractivity contribution >= 4 is 17.5 Å². The average Bonchev–Trinajstić information content (AvgIpc) is 2.83. The first-order chi connectivity index (χ1) is 17.2. The van der Waals surface area contributed by atoms with Gasteiger partial charge in [0, 0.05) is 29.2 Å². The molecule has 37 heavy (non-hydrogen) atoms. The van der Waals surface area contributed by atoms with Crippen molar-refractivity contribution in [1.29, 1.82) is 5.26 Å². The van der Waals surface area contributed by atoms with Crippen molar-refractivity contribution < 1.29 is 14.4 Å². The second kappa shape index (κ2) is 8.12. The van der Waals surface area contributed by atoms with Crippen LogP contribution in [-0.2, 0) is 14.4 Å². The number of allylic oxidation sites excluding steroid dienone is 4. The number of hydrogen-bond acceptors (Lipinski definition) is 5. The van der Waals surface area contributed by atoms with Gasteiger partial charge in [0.15, 0.2) is 11.6 Å². The molecular weight excluding hydrogens is 462 g/mol. The molecule has 3 saturated carbocycles. The van der Waals surface area contributed by atoms with E-state index in [1.54, 1.807) is 7.05 Å². The van der Waals surface area contributed by atoms with Crippen molar-refractivity contribution in [2.75, 3.05) is 7.05 Å². The van der Waals surface area contributed by atoms with Crippen molar-refractivity contribution in [3.05, 3.63) is 23.3 Å². The number of nitrogens with one attached hydrogen (secondary N) is 2. The van der Waals surface area contributed by atoms with Gasteiger partial charge in [-0.15, -0.1) is 0 Å². The number of ketones is 2. The lowest BCUT2D eigenvalue weighted by Gasteiger charge is -2.64. The topological polar surface area (TPSA) is 99.1 Å². The monoisotopic (exact) mass is 505 g/mol. The molecule has 2 N–H and O–H groups in total. The fraction of sp³-hybridized carbons (Fsp3) is 0.742. The standard InChI is InChI=1S/C31H43N3O3/c1-27(2)22-9-11-30(5)19-8-10-28(3)12-13-29(4,26(37)34-33-7)16-20(28)24(19)21(35)14-23(30)31(22,6)15-18(17-32)25(27)36/h14-15,19-20,22,24,33H,8-13,16H2,1-7H3,(H,34,37)/t19?,20?,22?,24?,28?,29-,30+,31?/m0/s1. The number of amides is 1. The molecule has 0 aromatic heterocycles. The summed E-state index contributed by atoms with van der Waals surface area (Å²) < 4.78 is 0. The lowest BCUT2D eigenvalue weighted by molar-refractivity contribution is -0.154. The second-order valence-electron chi connectivity index (χ2n) is 14.4. The van der Waals surface area contributed by atoms with E-state index in [0.29, 0.717) is 0 Å². The lowest BCUT2D eigenvalue weighted by Crippen LogP contribution is -2.61. The van der Waals surface area contributed by atoms with E-state index in [-0.39, 0.29) is 57.5 Å². The number of fused-ring (bicyclic) bond motifs is 7. The van der Waals surface area contributed by atoms with Crippen molar-refractivity contribution in [2.45, 2.75) is 86.5 Å². The molecule has 0 heterocycles. The van der Waals surface area contributed by atoms with Gasteiger partial charge in [0.25, 0.3) is 0 Å². The fourth-order valence-corrected chi connectivity index (χ4v) is 9.85. The van der Waals surface area contributed by atoms with Crippen molar-refractivity contribution in [3.8, 4) is 6.07 Å². The minimum absolute atomic E-state index is 0.0150. The Morgan fingerprint density at radius 3 is 2.35 bits per heavy atom. The van der Waals surface area contributed by atoms with Crippen LogP contribution >= 0.6 is 0 Å². The molecule has 5 rings (SSSR count). The van der Waals surface area contributed by atoms with Crippen LogP contribution in [0.1, 0.15) is 86.5 Å². The molecule has 0 aromatic rings. The largest absolute Gasteiger partial charge is 0.295 e. The van der Waals surface area contributed by atoms with Gasteiger partial charge >= 0.3 is 0 Å². The molecule has 6 nitrogen and oxygen atoms in total. The smallest absolute Gasteiger partial charge is 0.240 e. The van der Waals surface area contributed by atoms with E-state index >= 15 is 0 Å². The molecule has 3 fully saturated rings. The number of rotatable bonds is 2. The highest BCUT2D eigenvalue weighted by atomic mass is 16.2. The Kier molecular flexibility index (Phi) is 5.78. The predicted molar refractivity (Wildman–Crippen MR) is 141 cm³/mol. The number of carbonyl (C=O) groups excluding carboxylic acids is 3. The average molecular weight is 506 g/mol. The van der Waals surface area contributed by atoms with Crippen molar-refractivity contribution in [2.24, 2.45) is 50.7 Å². The molecule has 6 unspecified atom stereocenters. The molecule has 0 aliphatic heterocycles. The molecule has 0 spiro atoms. The molecule has 5 aliphatic rings. The van der Waals surface area contributed by atoms with Crippen molar-refractivity contribution in [1.82, 2.24) is 10.9 Å². The number of hydrogen-bond donors (Lipinski definition) is 2. The van der Waals surface area contributed by atoms with Crippen LogP contribution in [0.15, 0.2) is 23.3 Å². The zero-order chi connectivity index (χ0) is 27.2. The van der Waals surface area contributed by atoms with Crippen molar-refractivity contribution in [3.63, 3.8) is 0 Å². The summed E-state index contributed by atoms with van der Waals surface area (Å²) in [6, 6.07) is 2.17. The predicted octanol–water partition coefficient (Wildman–Crippen LogP) is 5.07. The SMILES string of the molecule is CNNC(=O)[C@@]1(C)CCC2(C)CCC3C(C(=O)C=C4C5(C)C=C(C#N)C(=O)C(C)(C)C5CC[C@@]43C)C2C1. The Balaban J connectivity index is 1.60. The number of nitrogens with zero attached hydrogens (tertiary/aromatic N) is 1. The summed E-state index contributed by atoms with van der Waals surface area (Å²) in [7, 11) is 1.71. The maximum atomic E-state index is 14.2. The second-order valence-corrected chi connectivity index (χ2v) is 14.4. The minimum Gasteiger partial charge on any atom is -0.295 e. The van der Waals surface area contributed by atoms with E-state index in [1.165, 1.54) is 0 Å². The quantitative estimate of drug-likeness (QED) is 0.511. The first-order valence-corrected chi connectivity index (χ1v) is 14.1. The molecule has 200 valence electrons. The summed E-state index contributed by atoms with van der Waals surface area (Å²) in [6.45, 7) is 12.8. The van der Waals surface area contributed by atoms with Crippen LogP contribution in [0, 0.1) is 62.1 Å². The fourth-order valence-electron chi connectivity index (χ4n) is 9.85. The molecule has 1 amide bonds. The van der Waals surface area contributed by atoms with Crippen LogP contribution in [0.5, 0.6) is 0 Å². The number of carbonyl (C=O) groups is 3. The van der Waals surface area contributed by atoms with Gasteiger partial charge in [-0.3, -0.25) is 19.8 Å². The van der Waals surface area contributed by atoms with Crippen LogP contribution in [-0.4, -0.2) is 24.5 Å². The van der Waals surface area contributed by atoms with Crippen LogP contribution < -0.4 is 10.9 Å². The minimum atomic E-state index is -0.645. The van der Waals surface area contributed by atoms with Gasteiger partial charge in [0.2, 0.25) is 5.91 Å². The normalized spacial score (nSPS) is 46.2. The van der Waals surface area contributed by atoms with Gasteiger partial charge in [0.1, 0.15) is 6.07 Å². The Morgan fingerprint density at radius 2 is 1.70 bits per heavy atom. The lowest BCUT2D eigenvalue weighted by atomic mass is 9.38. The zero-order valence-electron chi connectivity index (χ0n) is 23.6. The van der Waals surface area contributed by atoms with Gasteiger partial charge in [-0.25, -0.2) is 5.43 Å². The van der Waals surface area contributed by atoms with E-state index in [0.717, 1.165) is 50.5 Å². The molecule has 0 bridgehead atoms. The highest BCUT2D eigenvalue weighted by Gasteiger charge is 2.65. The van der Waals surface area contributed by atoms with Crippen LogP contribution in [0.25, 0.3) is 0 Å². The van der Waals surface area contributed by atoms with Crippen LogP contribution in [0.4, 0.5) is 0 Å². The van der Waals surface area contributed by atoms with E-state index in [1.807, 2.05) is 26.0 Å². The maximum absolute atomic E-state index is 14.2. The van der Waals surface area contributed by atoms with E-state index < -0.39 is 16.2 Å². The van der Waals surface area contributed by atoms with Gasteiger partial charge in [-0.05, 0) is 79.6 Å². The highest BCUT2D eigenvalue weighted by Crippen LogP contribution is 2.70. The Labute approximate surface area is 221 Å². The highest BCUT2D eigenvalue weighted by molar-refractivity contribution is 6.04. The number of hydrazine groups is 1. The molecule has 0 aromatic carbocycles. The summed E-state index contributed by atoms with van der Waals surface area (Å²) in [6.07, 6.45) is 10.3. The third kappa shape index (κ3) is 3.42. The summed E-state index contributed by atoms with van der Waals surface area (Å²) >= 11 is 0. The van der Waals surface area contributed by atoms with Crippen LogP contribution in [0.2, 0.25) is 0 Å². The Morgan fingerprint density at radius 1 is 1.00 bits per heavy atom. The first-order valence-electron chi connectivity index (χ1n) is 14.1.